The molecule has 2 nitrogen and oxygen atoms in total. The molecule has 2 aromatic carbocycles. The molecule has 116 valence electrons. The van der Waals surface area contributed by atoms with Crippen molar-refractivity contribution in [1.82, 2.24) is 4.90 Å². The number of halogens is 1. The van der Waals surface area contributed by atoms with E-state index in [9.17, 15) is 0 Å². The largest absolute Gasteiger partial charge is 1.00 e. The summed E-state index contributed by atoms with van der Waals surface area (Å²) in [5.74, 6) is 6.17. The van der Waals surface area contributed by atoms with Crippen LogP contribution in [0.1, 0.15) is 17.2 Å². The molecule has 0 unspecified atom stereocenters. The van der Waals surface area contributed by atoms with Gasteiger partial charge in [-0.2, -0.15) is 0 Å². The minimum atomic E-state index is -0.0685. The number of hydrogen-bond acceptors (Lipinski definition) is 2. The van der Waals surface area contributed by atoms with Gasteiger partial charge in [0, 0.05) is 0 Å². The number of ether oxygens (including phenoxy) is 1. The molecule has 0 fully saturated rings. The van der Waals surface area contributed by atoms with E-state index in [0.29, 0.717) is 6.61 Å². The van der Waals surface area contributed by atoms with Crippen molar-refractivity contribution in [3.63, 3.8) is 0 Å². The Kier molecular flexibility index (Phi) is 8.32. The zero-order valence-corrected chi connectivity index (χ0v) is 13.8. The molecule has 0 heterocycles. The second-order valence-corrected chi connectivity index (χ2v) is 5.10. The van der Waals surface area contributed by atoms with Crippen molar-refractivity contribution in [3.05, 3.63) is 71.8 Å². The average molecular weight is 315 g/mol. The number of rotatable bonds is 5. The molecule has 0 N–H and O–H groups in total. The van der Waals surface area contributed by atoms with Crippen LogP contribution in [-0.2, 0) is 4.74 Å². The van der Waals surface area contributed by atoms with Gasteiger partial charge in [0.25, 0.3) is 0 Å². The average Bonchev–Trinajstić information content (AvgIpc) is 2.52. The summed E-state index contributed by atoms with van der Waals surface area (Å²) in [7, 11) is 4.01. The van der Waals surface area contributed by atoms with E-state index in [1.807, 2.05) is 55.4 Å². The highest BCUT2D eigenvalue weighted by atomic mass is 35.5. The summed E-state index contributed by atoms with van der Waals surface area (Å²) in [6.45, 7) is 1.19. The Morgan fingerprint density at radius 3 is 1.82 bits per heavy atom. The Balaban J connectivity index is 0.00000242. The normalized spacial score (nSPS) is 10.0. The van der Waals surface area contributed by atoms with E-state index < -0.39 is 0 Å². The molecule has 0 aliphatic heterocycles. The van der Waals surface area contributed by atoms with E-state index >= 15 is 0 Å². The number of benzene rings is 2. The van der Waals surface area contributed by atoms with E-state index in [1.165, 1.54) is 0 Å². The standard InChI is InChI=1S/C19H21NO.ClH/c1-20(2)15-9-10-16-21-19(17-11-5-3-6-12-17)18-13-7-4-8-14-18;/h3-8,11-14,19H,15-16H2,1-2H3;1H/p-1. The second kappa shape index (κ2) is 10.0. The van der Waals surface area contributed by atoms with Gasteiger partial charge in [-0.15, -0.1) is 0 Å². The van der Waals surface area contributed by atoms with Crippen molar-refractivity contribution in [2.24, 2.45) is 0 Å². The van der Waals surface area contributed by atoms with Crippen molar-refractivity contribution >= 4 is 0 Å². The Hall–Kier alpha value is -1.79. The van der Waals surface area contributed by atoms with E-state index in [1.54, 1.807) is 0 Å². The Morgan fingerprint density at radius 2 is 1.36 bits per heavy atom. The lowest BCUT2D eigenvalue weighted by molar-refractivity contribution is -0.00000506. The van der Waals surface area contributed by atoms with Crippen LogP contribution in [-0.4, -0.2) is 32.1 Å². The lowest BCUT2D eigenvalue weighted by Gasteiger charge is -2.17. The molecule has 0 saturated heterocycles. The second-order valence-electron chi connectivity index (χ2n) is 5.10. The number of nitrogens with zero attached hydrogens (tertiary/aromatic N) is 1. The molecule has 0 bridgehead atoms. The topological polar surface area (TPSA) is 12.5 Å². The van der Waals surface area contributed by atoms with Crippen molar-refractivity contribution < 1.29 is 17.1 Å². The van der Waals surface area contributed by atoms with Gasteiger partial charge in [0.2, 0.25) is 0 Å². The minimum Gasteiger partial charge on any atom is -1.00 e. The van der Waals surface area contributed by atoms with Gasteiger partial charge in [0.15, 0.2) is 0 Å². The highest BCUT2D eigenvalue weighted by molar-refractivity contribution is 5.30. The fraction of sp³-hybridized carbons (Fsp3) is 0.263. The third-order valence-corrected chi connectivity index (χ3v) is 3.05. The van der Waals surface area contributed by atoms with Crippen LogP contribution in [0.25, 0.3) is 0 Å². The monoisotopic (exact) mass is 314 g/mol. The first-order chi connectivity index (χ1) is 10.3. The first kappa shape index (κ1) is 18.3. The molecule has 22 heavy (non-hydrogen) atoms. The van der Waals surface area contributed by atoms with Crippen molar-refractivity contribution in [3.8, 4) is 11.8 Å². The van der Waals surface area contributed by atoms with Crippen molar-refractivity contribution in [1.29, 1.82) is 0 Å². The molecular formula is C19H21ClNO-. The van der Waals surface area contributed by atoms with Crippen LogP contribution in [0.2, 0.25) is 0 Å². The van der Waals surface area contributed by atoms with Crippen LogP contribution in [0.5, 0.6) is 0 Å². The van der Waals surface area contributed by atoms with Crippen LogP contribution in [0.3, 0.4) is 0 Å². The molecule has 0 atom stereocenters. The summed E-state index contributed by atoms with van der Waals surface area (Å²) < 4.78 is 6.00. The van der Waals surface area contributed by atoms with Gasteiger partial charge in [-0.05, 0) is 25.2 Å². The molecule has 0 aromatic heterocycles. The predicted octanol–water partition coefficient (Wildman–Crippen LogP) is 0.362. The summed E-state index contributed by atoms with van der Waals surface area (Å²) in [5, 5.41) is 0. The van der Waals surface area contributed by atoms with Gasteiger partial charge >= 0.3 is 0 Å². The van der Waals surface area contributed by atoms with Gasteiger partial charge in [0.05, 0.1) is 6.54 Å². The summed E-state index contributed by atoms with van der Waals surface area (Å²) in [4.78, 5) is 2.04. The molecule has 2 rings (SSSR count). The highest BCUT2D eigenvalue weighted by Crippen LogP contribution is 2.25. The maximum absolute atomic E-state index is 6.00. The Bertz CT molecular complexity index is 548. The van der Waals surface area contributed by atoms with Gasteiger partial charge in [-0.1, -0.05) is 72.5 Å². The lowest BCUT2D eigenvalue weighted by Crippen LogP contribution is -3.00. The third-order valence-electron chi connectivity index (χ3n) is 3.05. The summed E-state index contributed by atoms with van der Waals surface area (Å²) in [6, 6.07) is 20.5. The quantitative estimate of drug-likeness (QED) is 0.739. The summed E-state index contributed by atoms with van der Waals surface area (Å²) in [6.07, 6.45) is -0.0685. The number of hydrogen-bond donors (Lipinski definition) is 0. The summed E-state index contributed by atoms with van der Waals surface area (Å²) >= 11 is 0. The van der Waals surface area contributed by atoms with E-state index in [-0.39, 0.29) is 18.5 Å². The fourth-order valence-corrected chi connectivity index (χ4v) is 2.03. The minimum absolute atomic E-state index is 0. The maximum Gasteiger partial charge on any atom is 0.109 e. The molecular weight excluding hydrogens is 294 g/mol. The lowest BCUT2D eigenvalue weighted by atomic mass is 10.0. The van der Waals surface area contributed by atoms with Gasteiger partial charge in [0.1, 0.15) is 12.7 Å². The fourth-order valence-electron chi connectivity index (χ4n) is 2.03. The van der Waals surface area contributed by atoms with Crippen LogP contribution in [0.15, 0.2) is 60.7 Å². The maximum atomic E-state index is 6.00. The van der Waals surface area contributed by atoms with E-state index in [2.05, 4.69) is 36.1 Å². The van der Waals surface area contributed by atoms with Crippen LogP contribution in [0, 0.1) is 11.8 Å². The van der Waals surface area contributed by atoms with Crippen LogP contribution in [0.4, 0.5) is 0 Å². The van der Waals surface area contributed by atoms with Gasteiger partial charge in [-0.25, -0.2) is 0 Å². The van der Waals surface area contributed by atoms with Gasteiger partial charge < -0.3 is 17.1 Å². The molecule has 0 radical (unpaired) electrons. The first-order valence-corrected chi connectivity index (χ1v) is 7.09. The van der Waals surface area contributed by atoms with E-state index in [0.717, 1.165) is 17.7 Å². The van der Waals surface area contributed by atoms with E-state index in [4.69, 9.17) is 4.74 Å². The van der Waals surface area contributed by atoms with Crippen LogP contribution >= 0.6 is 0 Å². The third kappa shape index (κ3) is 5.91. The first-order valence-electron chi connectivity index (χ1n) is 7.09. The molecule has 0 aliphatic rings. The molecule has 0 amide bonds. The highest BCUT2D eigenvalue weighted by Gasteiger charge is 2.13. The molecule has 3 heteroatoms. The van der Waals surface area contributed by atoms with Crippen molar-refractivity contribution in [2.75, 3.05) is 27.2 Å². The Labute approximate surface area is 139 Å². The zero-order chi connectivity index (χ0) is 14.9. The Morgan fingerprint density at radius 1 is 0.864 bits per heavy atom. The smallest absolute Gasteiger partial charge is 0.109 e. The van der Waals surface area contributed by atoms with Crippen molar-refractivity contribution in [2.45, 2.75) is 6.10 Å². The predicted molar refractivity (Wildman–Crippen MR) is 87.0 cm³/mol. The molecule has 2 aromatic rings. The molecule has 0 saturated carbocycles. The SMILES string of the molecule is CN(C)CC#CCOC(c1ccccc1)c1ccccc1.[Cl-]. The molecule has 0 spiro atoms. The van der Waals surface area contributed by atoms with Gasteiger partial charge in [-0.3, -0.25) is 4.90 Å². The summed E-state index contributed by atoms with van der Waals surface area (Å²) in [5.41, 5.74) is 2.30. The molecule has 0 aliphatic carbocycles. The van der Waals surface area contributed by atoms with Crippen LogP contribution < -0.4 is 12.4 Å². The zero-order valence-electron chi connectivity index (χ0n) is 13.0.